The topological polar surface area (TPSA) is 101 Å². The summed E-state index contributed by atoms with van der Waals surface area (Å²) in [6.07, 6.45) is -0.724. The number of morpholine rings is 2. The SMILES string of the molecule is O=C(CNc1nc(N2CCOCC2)cc(-n2c(C(F)F)nc3ccccc32)n1)N1CCCC(CN2CCOCC2)C1. The largest absolute Gasteiger partial charge is 0.379 e. The van der Waals surface area contributed by atoms with E-state index in [9.17, 15) is 13.6 Å². The van der Waals surface area contributed by atoms with E-state index in [0.717, 1.165) is 58.8 Å². The monoisotopic (exact) mass is 570 g/mol. The summed E-state index contributed by atoms with van der Waals surface area (Å²) < 4.78 is 40.6. The third-order valence-electron chi connectivity index (χ3n) is 7.93. The molecule has 13 heteroatoms. The number of fused-ring (bicyclic) bond motifs is 1. The van der Waals surface area contributed by atoms with Crippen molar-refractivity contribution in [1.82, 2.24) is 29.3 Å². The van der Waals surface area contributed by atoms with Crippen molar-refractivity contribution < 1.29 is 23.0 Å². The van der Waals surface area contributed by atoms with E-state index in [1.165, 1.54) is 4.57 Å². The van der Waals surface area contributed by atoms with Gasteiger partial charge in [0.05, 0.1) is 44.0 Å². The number of carbonyl (C=O) groups is 1. The van der Waals surface area contributed by atoms with Gasteiger partial charge in [-0.25, -0.2) is 13.8 Å². The van der Waals surface area contributed by atoms with Crippen LogP contribution in [-0.2, 0) is 14.3 Å². The molecular formula is C28H36F2N8O3. The second kappa shape index (κ2) is 12.6. The molecule has 3 fully saturated rings. The van der Waals surface area contributed by atoms with Crippen LogP contribution in [0.1, 0.15) is 25.1 Å². The molecule has 41 heavy (non-hydrogen) atoms. The minimum absolute atomic E-state index is 0.0165. The first-order valence-corrected chi connectivity index (χ1v) is 14.3. The molecule has 11 nitrogen and oxygen atoms in total. The third kappa shape index (κ3) is 6.41. The number of likely N-dealkylation sites (tertiary alicyclic amines) is 1. The Labute approximate surface area is 237 Å². The molecule has 220 valence electrons. The normalized spacial score (nSPS) is 20.6. The molecule has 1 aromatic carbocycles. The number of halogens is 2. The Bertz CT molecular complexity index is 1340. The zero-order chi connectivity index (χ0) is 28.2. The van der Waals surface area contributed by atoms with Crippen molar-refractivity contribution in [3.05, 3.63) is 36.2 Å². The molecule has 5 heterocycles. The van der Waals surface area contributed by atoms with Crippen molar-refractivity contribution in [2.24, 2.45) is 5.92 Å². The number of benzene rings is 1. The van der Waals surface area contributed by atoms with Gasteiger partial charge >= 0.3 is 0 Å². The van der Waals surface area contributed by atoms with Gasteiger partial charge in [0.1, 0.15) is 11.6 Å². The van der Waals surface area contributed by atoms with Gasteiger partial charge in [-0.1, -0.05) is 12.1 Å². The summed E-state index contributed by atoms with van der Waals surface area (Å²) in [5, 5.41) is 3.10. The lowest BCUT2D eigenvalue weighted by atomic mass is 9.97. The van der Waals surface area contributed by atoms with Gasteiger partial charge in [0.15, 0.2) is 5.82 Å². The summed E-state index contributed by atoms with van der Waals surface area (Å²) in [6.45, 7) is 8.12. The number of alkyl halides is 2. The Morgan fingerprint density at radius 1 is 0.976 bits per heavy atom. The second-order valence-electron chi connectivity index (χ2n) is 10.7. The number of carbonyl (C=O) groups excluding carboxylic acids is 1. The zero-order valence-electron chi connectivity index (χ0n) is 23.1. The van der Waals surface area contributed by atoms with Gasteiger partial charge in [0.25, 0.3) is 6.43 Å². The molecule has 0 spiro atoms. The summed E-state index contributed by atoms with van der Waals surface area (Å²) >= 11 is 0. The predicted octanol–water partition coefficient (Wildman–Crippen LogP) is 2.57. The van der Waals surface area contributed by atoms with Gasteiger partial charge in [0, 0.05) is 51.9 Å². The fraction of sp³-hybridized carbons (Fsp3) is 0.571. The fourth-order valence-electron chi connectivity index (χ4n) is 5.86. The number of hydrogen-bond acceptors (Lipinski definition) is 9. The van der Waals surface area contributed by atoms with E-state index in [4.69, 9.17) is 9.47 Å². The van der Waals surface area contributed by atoms with Gasteiger partial charge in [-0.2, -0.15) is 9.97 Å². The molecule has 3 aromatic rings. The van der Waals surface area contributed by atoms with Crippen molar-refractivity contribution in [2.75, 3.05) is 89.0 Å². The Morgan fingerprint density at radius 2 is 1.71 bits per heavy atom. The maximum absolute atomic E-state index is 14.1. The number of nitrogens with zero attached hydrogens (tertiary/aromatic N) is 7. The molecular weight excluding hydrogens is 534 g/mol. The molecule has 0 radical (unpaired) electrons. The molecule has 1 atom stereocenters. The highest BCUT2D eigenvalue weighted by Crippen LogP contribution is 2.29. The number of rotatable bonds is 8. The molecule has 2 aromatic heterocycles. The molecule has 3 aliphatic heterocycles. The van der Waals surface area contributed by atoms with Gasteiger partial charge in [-0.05, 0) is 30.9 Å². The van der Waals surface area contributed by atoms with Crippen molar-refractivity contribution in [1.29, 1.82) is 0 Å². The van der Waals surface area contributed by atoms with Crippen LogP contribution in [0.2, 0.25) is 0 Å². The minimum atomic E-state index is -2.80. The highest BCUT2D eigenvalue weighted by atomic mass is 19.3. The number of anilines is 2. The van der Waals surface area contributed by atoms with E-state index in [1.807, 2.05) is 9.80 Å². The number of ether oxygens (including phenoxy) is 2. The molecule has 1 amide bonds. The molecule has 1 N–H and O–H groups in total. The lowest BCUT2D eigenvalue weighted by Gasteiger charge is -2.36. The van der Waals surface area contributed by atoms with Crippen LogP contribution in [0, 0.1) is 5.92 Å². The van der Waals surface area contributed by atoms with Crippen LogP contribution < -0.4 is 10.2 Å². The van der Waals surface area contributed by atoms with Crippen LogP contribution in [0.3, 0.4) is 0 Å². The number of aromatic nitrogens is 4. The van der Waals surface area contributed by atoms with E-state index in [0.29, 0.717) is 49.1 Å². The molecule has 1 unspecified atom stereocenters. The Kier molecular flexibility index (Phi) is 8.54. The maximum Gasteiger partial charge on any atom is 0.296 e. The average Bonchev–Trinajstić information content (AvgIpc) is 3.41. The average molecular weight is 571 g/mol. The number of para-hydroxylation sites is 2. The van der Waals surface area contributed by atoms with Crippen LogP contribution in [0.25, 0.3) is 16.9 Å². The molecule has 6 rings (SSSR count). The number of imidazole rings is 1. The number of piperidine rings is 1. The maximum atomic E-state index is 14.1. The van der Waals surface area contributed by atoms with E-state index in [-0.39, 0.29) is 30.0 Å². The first kappa shape index (κ1) is 27.7. The minimum Gasteiger partial charge on any atom is -0.379 e. The van der Waals surface area contributed by atoms with Gasteiger partial charge < -0.3 is 24.6 Å². The summed E-state index contributed by atoms with van der Waals surface area (Å²) in [4.78, 5) is 33.1. The Hall–Kier alpha value is -3.42. The Morgan fingerprint density at radius 3 is 2.49 bits per heavy atom. The quantitative estimate of drug-likeness (QED) is 0.438. The van der Waals surface area contributed by atoms with Crippen LogP contribution in [0.15, 0.2) is 30.3 Å². The van der Waals surface area contributed by atoms with Gasteiger partial charge in [-0.3, -0.25) is 14.3 Å². The molecule has 3 saturated heterocycles. The third-order valence-corrected chi connectivity index (χ3v) is 7.93. The standard InChI is InChI=1S/C28H36F2N8O3/c29-26(30)27-32-21-5-1-2-6-22(21)38(27)24-16-23(36-10-14-41-15-11-36)33-28(34-24)31-17-25(39)37-7-3-4-20(19-37)18-35-8-12-40-13-9-35/h1-2,5-6,16,20,26H,3-4,7-15,17-19H2,(H,31,33,34). The molecule has 0 aliphatic carbocycles. The number of hydrogen-bond donors (Lipinski definition) is 1. The van der Waals surface area contributed by atoms with Crippen molar-refractivity contribution >= 4 is 28.7 Å². The van der Waals surface area contributed by atoms with E-state index >= 15 is 0 Å². The van der Waals surface area contributed by atoms with Gasteiger partial charge in [0.2, 0.25) is 11.9 Å². The molecule has 0 saturated carbocycles. The van der Waals surface area contributed by atoms with Crippen molar-refractivity contribution in [3.63, 3.8) is 0 Å². The van der Waals surface area contributed by atoms with E-state index in [1.54, 1.807) is 30.3 Å². The summed E-state index contributed by atoms with van der Waals surface area (Å²) in [7, 11) is 0. The van der Waals surface area contributed by atoms with Crippen LogP contribution in [-0.4, -0.2) is 114 Å². The Balaban J connectivity index is 1.22. The zero-order valence-corrected chi connectivity index (χ0v) is 23.1. The van der Waals surface area contributed by atoms with Crippen LogP contribution in [0.4, 0.5) is 20.5 Å². The lowest BCUT2D eigenvalue weighted by molar-refractivity contribution is -0.131. The van der Waals surface area contributed by atoms with Crippen LogP contribution in [0.5, 0.6) is 0 Å². The highest BCUT2D eigenvalue weighted by Gasteiger charge is 2.27. The first-order chi connectivity index (χ1) is 20.0. The molecule has 0 bridgehead atoms. The summed E-state index contributed by atoms with van der Waals surface area (Å²) in [6, 6.07) is 8.68. The van der Waals surface area contributed by atoms with Crippen molar-refractivity contribution in [3.8, 4) is 5.82 Å². The van der Waals surface area contributed by atoms with Crippen molar-refractivity contribution in [2.45, 2.75) is 19.3 Å². The highest BCUT2D eigenvalue weighted by molar-refractivity contribution is 5.81. The number of amides is 1. The fourth-order valence-corrected chi connectivity index (χ4v) is 5.86. The predicted molar refractivity (Wildman–Crippen MR) is 150 cm³/mol. The lowest BCUT2D eigenvalue weighted by Crippen LogP contribution is -2.47. The van der Waals surface area contributed by atoms with E-state index < -0.39 is 6.43 Å². The number of nitrogens with one attached hydrogen (secondary N) is 1. The second-order valence-corrected chi connectivity index (χ2v) is 10.7. The summed E-state index contributed by atoms with van der Waals surface area (Å²) in [5.74, 6) is 1.07. The van der Waals surface area contributed by atoms with Crippen LogP contribution >= 0.6 is 0 Å². The summed E-state index contributed by atoms with van der Waals surface area (Å²) in [5.41, 5.74) is 0.979. The first-order valence-electron chi connectivity index (χ1n) is 14.3. The smallest absolute Gasteiger partial charge is 0.296 e. The van der Waals surface area contributed by atoms with Gasteiger partial charge in [-0.15, -0.1) is 0 Å². The molecule has 3 aliphatic rings. The van der Waals surface area contributed by atoms with E-state index in [2.05, 4.69) is 25.2 Å².